The van der Waals surface area contributed by atoms with Gasteiger partial charge in [-0.15, -0.1) is 0 Å². The first-order valence-electron chi connectivity index (χ1n) is 13.2. The van der Waals surface area contributed by atoms with Crippen LogP contribution in [0.15, 0.2) is 48.5 Å². The van der Waals surface area contributed by atoms with Crippen LogP contribution in [0.5, 0.6) is 5.75 Å². The van der Waals surface area contributed by atoms with E-state index in [9.17, 15) is 27.6 Å². The van der Waals surface area contributed by atoms with Gasteiger partial charge in [0.1, 0.15) is 11.8 Å². The fraction of sp³-hybridized carbons (Fsp3) is 0.483. The molecule has 1 aliphatic carbocycles. The highest BCUT2D eigenvalue weighted by Crippen LogP contribution is 2.31. The number of benzene rings is 2. The molecule has 2 N–H and O–H groups in total. The van der Waals surface area contributed by atoms with Crippen molar-refractivity contribution in [3.63, 3.8) is 0 Å². The van der Waals surface area contributed by atoms with Crippen molar-refractivity contribution in [3.05, 3.63) is 64.1 Å². The Morgan fingerprint density at radius 3 is 2.08 bits per heavy atom. The van der Waals surface area contributed by atoms with Crippen molar-refractivity contribution in [2.75, 3.05) is 0 Å². The average molecular weight is 601 g/mol. The van der Waals surface area contributed by atoms with Gasteiger partial charge in [0, 0.05) is 10.0 Å². The molecule has 1 unspecified atom stereocenters. The molecule has 1 fully saturated rings. The number of rotatable bonds is 11. The van der Waals surface area contributed by atoms with E-state index < -0.39 is 47.9 Å². The van der Waals surface area contributed by atoms with Gasteiger partial charge < -0.3 is 15.4 Å². The number of nitrogens with one attached hydrogen (secondary N) is 2. The van der Waals surface area contributed by atoms with Gasteiger partial charge in [-0.05, 0) is 42.0 Å². The number of halogens is 5. The van der Waals surface area contributed by atoms with E-state index in [-0.39, 0.29) is 11.7 Å². The van der Waals surface area contributed by atoms with E-state index in [2.05, 4.69) is 10.6 Å². The first kappa shape index (κ1) is 31.7. The number of alkyl halides is 3. The van der Waals surface area contributed by atoms with Crippen molar-refractivity contribution < 1.29 is 32.3 Å². The van der Waals surface area contributed by atoms with Crippen LogP contribution in [0.3, 0.4) is 0 Å². The molecule has 2 amide bonds. The van der Waals surface area contributed by atoms with E-state index in [0.717, 1.165) is 32.1 Å². The van der Waals surface area contributed by atoms with Crippen LogP contribution < -0.4 is 15.4 Å². The van der Waals surface area contributed by atoms with E-state index in [0.29, 0.717) is 22.0 Å². The Labute approximate surface area is 241 Å². The van der Waals surface area contributed by atoms with E-state index in [4.69, 9.17) is 27.9 Å². The first-order valence-corrected chi connectivity index (χ1v) is 14.0. The van der Waals surface area contributed by atoms with Crippen molar-refractivity contribution >= 4 is 40.8 Å². The number of carbonyl (C=O) groups excluding carboxylic acids is 3. The average Bonchev–Trinajstić information content (AvgIpc) is 2.89. The SMILES string of the molecule is CC(C)[C@H](NC(=O)[C@@H](NC(=O)C(CC1CCCCC1)Oc1cc(Cl)cc(Cl)c1)c1ccccc1)C(=O)C(F)(F)F. The molecule has 0 aliphatic heterocycles. The lowest BCUT2D eigenvalue weighted by Crippen LogP contribution is -2.53. The lowest BCUT2D eigenvalue weighted by Gasteiger charge is -2.29. The molecule has 0 bridgehead atoms. The van der Waals surface area contributed by atoms with Crippen molar-refractivity contribution in [2.45, 2.75) is 76.7 Å². The summed E-state index contributed by atoms with van der Waals surface area (Å²) >= 11 is 12.2. The monoisotopic (exact) mass is 600 g/mol. The maximum absolute atomic E-state index is 13.7. The summed E-state index contributed by atoms with van der Waals surface area (Å²) in [4.78, 5) is 39.1. The van der Waals surface area contributed by atoms with Crippen molar-refractivity contribution in [2.24, 2.45) is 11.8 Å². The van der Waals surface area contributed by atoms with Crippen LogP contribution in [0.25, 0.3) is 0 Å². The summed E-state index contributed by atoms with van der Waals surface area (Å²) in [5.41, 5.74) is 0.331. The summed E-state index contributed by atoms with van der Waals surface area (Å²) in [7, 11) is 0. The maximum atomic E-state index is 13.7. The van der Waals surface area contributed by atoms with Gasteiger partial charge in [0.05, 0.1) is 6.04 Å². The molecule has 0 radical (unpaired) electrons. The lowest BCUT2D eigenvalue weighted by molar-refractivity contribution is -0.175. The highest BCUT2D eigenvalue weighted by molar-refractivity contribution is 6.34. The summed E-state index contributed by atoms with van der Waals surface area (Å²) in [6.07, 6.45) is -0.799. The van der Waals surface area contributed by atoms with Crippen molar-refractivity contribution in [3.8, 4) is 5.75 Å². The van der Waals surface area contributed by atoms with Gasteiger partial charge in [-0.3, -0.25) is 14.4 Å². The van der Waals surface area contributed by atoms with Crippen LogP contribution in [-0.4, -0.2) is 35.9 Å². The summed E-state index contributed by atoms with van der Waals surface area (Å²) in [6, 6.07) is 9.45. The quantitative estimate of drug-likeness (QED) is 0.296. The van der Waals surface area contributed by atoms with Gasteiger partial charge in [-0.25, -0.2) is 0 Å². The summed E-state index contributed by atoms with van der Waals surface area (Å²) in [6.45, 7) is 2.80. The molecular weight excluding hydrogens is 568 g/mol. The molecule has 218 valence electrons. The van der Waals surface area contributed by atoms with Crippen LogP contribution in [0, 0.1) is 11.8 Å². The minimum Gasteiger partial charge on any atom is -0.480 e. The van der Waals surface area contributed by atoms with Crippen LogP contribution in [0.4, 0.5) is 13.2 Å². The molecule has 1 aliphatic rings. The van der Waals surface area contributed by atoms with Crippen LogP contribution >= 0.6 is 23.2 Å². The minimum absolute atomic E-state index is 0.206. The molecule has 0 aromatic heterocycles. The largest absolute Gasteiger partial charge is 0.480 e. The van der Waals surface area contributed by atoms with Crippen LogP contribution in [-0.2, 0) is 14.4 Å². The second-order valence-corrected chi connectivity index (χ2v) is 11.3. The van der Waals surface area contributed by atoms with Gasteiger partial charge in [0.25, 0.3) is 11.7 Å². The number of ketones is 1. The van der Waals surface area contributed by atoms with Gasteiger partial charge in [0.2, 0.25) is 5.91 Å². The molecule has 40 heavy (non-hydrogen) atoms. The third kappa shape index (κ3) is 9.13. The van der Waals surface area contributed by atoms with Crippen molar-refractivity contribution in [1.82, 2.24) is 10.6 Å². The Morgan fingerprint density at radius 1 is 0.925 bits per heavy atom. The molecule has 0 heterocycles. The highest BCUT2D eigenvalue weighted by atomic mass is 35.5. The molecule has 0 spiro atoms. The van der Waals surface area contributed by atoms with E-state index in [1.807, 2.05) is 0 Å². The van der Waals surface area contributed by atoms with Crippen LogP contribution in [0.1, 0.15) is 64.0 Å². The second-order valence-electron chi connectivity index (χ2n) is 10.4. The Bertz CT molecular complexity index is 1150. The number of ether oxygens (including phenoxy) is 1. The van der Waals surface area contributed by atoms with Crippen LogP contribution in [0.2, 0.25) is 10.0 Å². The van der Waals surface area contributed by atoms with Gasteiger partial charge >= 0.3 is 6.18 Å². The molecule has 11 heteroatoms. The fourth-order valence-corrected chi connectivity index (χ4v) is 5.33. The molecule has 3 rings (SSSR count). The van der Waals surface area contributed by atoms with E-state index >= 15 is 0 Å². The molecule has 6 nitrogen and oxygen atoms in total. The summed E-state index contributed by atoms with van der Waals surface area (Å²) < 4.78 is 45.7. The molecule has 2 aromatic rings. The zero-order valence-electron chi connectivity index (χ0n) is 22.3. The van der Waals surface area contributed by atoms with Gasteiger partial charge in [-0.2, -0.15) is 13.2 Å². The number of Topliss-reactive ketones (excluding diaryl/α,β-unsaturated/α-hetero) is 1. The fourth-order valence-electron chi connectivity index (χ4n) is 4.82. The summed E-state index contributed by atoms with van der Waals surface area (Å²) in [5.74, 6) is -4.01. The topological polar surface area (TPSA) is 84.5 Å². The second kappa shape index (κ2) is 14.2. The molecule has 1 saturated carbocycles. The number of hydrogen-bond acceptors (Lipinski definition) is 4. The minimum atomic E-state index is -5.13. The zero-order valence-corrected chi connectivity index (χ0v) is 23.8. The van der Waals surface area contributed by atoms with E-state index in [1.165, 1.54) is 32.0 Å². The Kier molecular flexibility index (Phi) is 11.3. The maximum Gasteiger partial charge on any atom is 0.452 e. The third-order valence-corrected chi connectivity index (χ3v) is 7.32. The molecule has 0 saturated heterocycles. The molecular formula is C29H33Cl2F3N2O4. The number of carbonyl (C=O) groups is 3. The first-order chi connectivity index (χ1) is 18.8. The standard InChI is InChI=1S/C29H33Cl2F3N2O4/c1-17(2)24(26(37)29(32,33)34)35-28(39)25(19-11-7-4-8-12-19)36-27(38)23(13-18-9-5-3-6-10-18)40-22-15-20(30)14-21(31)16-22/h4,7-8,11-12,14-18,23-25H,3,5-6,9-10,13H2,1-2H3,(H,35,39)(H,36,38)/t23?,24-,25-/m0/s1. The van der Waals surface area contributed by atoms with Gasteiger partial charge in [0.15, 0.2) is 6.10 Å². The Hall–Kier alpha value is -2.78. The predicted molar refractivity (Wildman–Crippen MR) is 147 cm³/mol. The van der Waals surface area contributed by atoms with E-state index in [1.54, 1.807) is 30.3 Å². The Morgan fingerprint density at radius 2 is 1.52 bits per heavy atom. The number of amides is 2. The lowest BCUT2D eigenvalue weighted by atomic mass is 9.85. The summed E-state index contributed by atoms with van der Waals surface area (Å²) in [5, 5.41) is 5.50. The normalized spacial score (nSPS) is 16.6. The molecule has 2 aromatic carbocycles. The highest BCUT2D eigenvalue weighted by Gasteiger charge is 2.45. The van der Waals surface area contributed by atoms with Gasteiger partial charge in [-0.1, -0.05) is 99.5 Å². The smallest absolute Gasteiger partial charge is 0.452 e. The third-order valence-electron chi connectivity index (χ3n) is 6.89. The number of hydrogen-bond donors (Lipinski definition) is 2. The molecule has 3 atom stereocenters. The zero-order chi connectivity index (χ0) is 29.4. The predicted octanol–water partition coefficient (Wildman–Crippen LogP) is 6.84. The Balaban J connectivity index is 1.89. The van der Waals surface area contributed by atoms with Crippen molar-refractivity contribution in [1.29, 1.82) is 0 Å².